The maximum atomic E-state index is 5.50. The molecule has 28 heavy (non-hydrogen) atoms. The smallest absolute Gasteiger partial charge is 0.161 e. The first-order valence-electron chi connectivity index (χ1n) is 10.3. The van der Waals surface area contributed by atoms with Crippen LogP contribution in [0.4, 0.5) is 0 Å². The Morgan fingerprint density at radius 3 is 2.50 bits per heavy atom. The number of hydrogen-bond donors (Lipinski definition) is 0. The topological polar surface area (TPSA) is 37.8 Å². The van der Waals surface area contributed by atoms with Crippen molar-refractivity contribution >= 4 is 0 Å². The van der Waals surface area contributed by atoms with Gasteiger partial charge in [0.25, 0.3) is 0 Å². The zero-order valence-electron chi connectivity index (χ0n) is 17.1. The molecule has 1 atom stereocenters. The first-order valence-corrected chi connectivity index (χ1v) is 10.3. The Hall–Kier alpha value is -2.11. The molecule has 5 nitrogen and oxygen atoms in total. The van der Waals surface area contributed by atoms with Gasteiger partial charge in [-0.2, -0.15) is 0 Å². The Kier molecular flexibility index (Phi) is 6.13. The van der Waals surface area contributed by atoms with Gasteiger partial charge >= 0.3 is 0 Å². The second-order valence-electron chi connectivity index (χ2n) is 8.06. The van der Waals surface area contributed by atoms with Crippen molar-refractivity contribution in [3.63, 3.8) is 0 Å². The van der Waals surface area contributed by atoms with E-state index in [9.17, 15) is 0 Å². The van der Waals surface area contributed by atoms with Gasteiger partial charge in [-0.3, -0.25) is 14.8 Å². The number of piperidine rings is 1. The van der Waals surface area contributed by atoms with E-state index in [1.807, 2.05) is 12.4 Å². The van der Waals surface area contributed by atoms with Gasteiger partial charge in [-0.25, -0.2) is 0 Å². The van der Waals surface area contributed by atoms with Crippen LogP contribution in [0.5, 0.6) is 11.5 Å². The predicted molar refractivity (Wildman–Crippen MR) is 111 cm³/mol. The number of methoxy groups -OCH3 is 2. The molecular weight excluding hydrogens is 350 g/mol. The molecular formula is C23H31N3O2. The van der Waals surface area contributed by atoms with Crippen LogP contribution in [-0.2, 0) is 19.5 Å². The molecule has 1 aromatic carbocycles. The highest BCUT2D eigenvalue weighted by molar-refractivity contribution is 5.48. The van der Waals surface area contributed by atoms with Crippen LogP contribution in [0.3, 0.4) is 0 Å². The molecule has 0 saturated carbocycles. The van der Waals surface area contributed by atoms with Gasteiger partial charge in [-0.1, -0.05) is 0 Å². The van der Waals surface area contributed by atoms with Crippen molar-refractivity contribution in [3.8, 4) is 11.5 Å². The number of benzene rings is 1. The molecule has 0 aliphatic carbocycles. The van der Waals surface area contributed by atoms with Crippen molar-refractivity contribution in [2.75, 3.05) is 40.4 Å². The fraction of sp³-hybridized carbons (Fsp3) is 0.522. The van der Waals surface area contributed by atoms with Gasteiger partial charge < -0.3 is 9.47 Å². The summed E-state index contributed by atoms with van der Waals surface area (Å²) >= 11 is 0. The monoisotopic (exact) mass is 381 g/mol. The van der Waals surface area contributed by atoms with E-state index in [0.717, 1.165) is 43.5 Å². The molecule has 150 valence electrons. The normalized spacial score (nSPS) is 20.6. The van der Waals surface area contributed by atoms with Crippen LogP contribution < -0.4 is 9.47 Å². The van der Waals surface area contributed by atoms with Crippen LogP contribution in [0.25, 0.3) is 0 Å². The number of pyridine rings is 1. The summed E-state index contributed by atoms with van der Waals surface area (Å²) in [5.41, 5.74) is 4.15. The molecule has 1 unspecified atom stereocenters. The molecule has 0 bridgehead atoms. The zero-order valence-corrected chi connectivity index (χ0v) is 17.1. The van der Waals surface area contributed by atoms with E-state index < -0.39 is 0 Å². The van der Waals surface area contributed by atoms with Crippen LogP contribution in [-0.4, -0.2) is 55.2 Å². The summed E-state index contributed by atoms with van der Waals surface area (Å²) in [6.45, 7) is 6.76. The highest BCUT2D eigenvalue weighted by Gasteiger charge is 2.25. The maximum Gasteiger partial charge on any atom is 0.161 e. The molecule has 3 heterocycles. The molecule has 1 saturated heterocycles. The largest absolute Gasteiger partial charge is 0.493 e. The van der Waals surface area contributed by atoms with E-state index in [1.165, 1.54) is 49.2 Å². The van der Waals surface area contributed by atoms with E-state index >= 15 is 0 Å². The molecule has 2 aliphatic rings. The molecule has 1 fully saturated rings. The molecule has 1 aromatic heterocycles. The number of rotatable bonds is 6. The molecule has 2 aliphatic heterocycles. The van der Waals surface area contributed by atoms with E-state index in [4.69, 9.17) is 9.47 Å². The van der Waals surface area contributed by atoms with Crippen LogP contribution in [0.1, 0.15) is 29.5 Å². The minimum Gasteiger partial charge on any atom is -0.493 e. The van der Waals surface area contributed by atoms with Crippen molar-refractivity contribution in [1.82, 2.24) is 14.8 Å². The third-order valence-electron chi connectivity index (χ3n) is 6.07. The van der Waals surface area contributed by atoms with Gasteiger partial charge in [0.05, 0.1) is 14.2 Å². The Morgan fingerprint density at radius 1 is 1.00 bits per heavy atom. The molecule has 0 spiro atoms. The van der Waals surface area contributed by atoms with Gasteiger partial charge in [0, 0.05) is 45.1 Å². The fourth-order valence-corrected chi connectivity index (χ4v) is 4.65. The van der Waals surface area contributed by atoms with Crippen molar-refractivity contribution in [1.29, 1.82) is 0 Å². The summed E-state index contributed by atoms with van der Waals surface area (Å²) < 4.78 is 11.0. The Balaban J connectivity index is 1.36. The number of aromatic nitrogens is 1. The average Bonchev–Trinajstić information content (AvgIpc) is 2.73. The van der Waals surface area contributed by atoms with Crippen LogP contribution in [0.15, 0.2) is 36.7 Å². The van der Waals surface area contributed by atoms with E-state index in [2.05, 4.69) is 39.0 Å². The van der Waals surface area contributed by atoms with Gasteiger partial charge in [0.1, 0.15) is 0 Å². The first-order chi connectivity index (χ1) is 13.7. The molecule has 5 heteroatoms. The third-order valence-corrected chi connectivity index (χ3v) is 6.07. The minimum absolute atomic E-state index is 0.747. The summed E-state index contributed by atoms with van der Waals surface area (Å²) in [5, 5.41) is 0. The molecule has 0 amide bonds. The highest BCUT2D eigenvalue weighted by Crippen LogP contribution is 2.33. The Morgan fingerprint density at radius 2 is 1.75 bits per heavy atom. The number of hydrogen-bond acceptors (Lipinski definition) is 5. The lowest BCUT2D eigenvalue weighted by atomic mass is 9.94. The first kappa shape index (κ1) is 19.2. The number of ether oxygens (including phenoxy) is 2. The van der Waals surface area contributed by atoms with E-state index in [-0.39, 0.29) is 0 Å². The van der Waals surface area contributed by atoms with E-state index in [1.54, 1.807) is 14.2 Å². The SMILES string of the molecule is COc1cc2c(cc1OC)CN(CC1CCCN(Cc3ccncc3)C1)CC2. The summed E-state index contributed by atoms with van der Waals surface area (Å²) in [6, 6.07) is 8.58. The van der Waals surface area contributed by atoms with Gasteiger partial charge in [-0.15, -0.1) is 0 Å². The van der Waals surface area contributed by atoms with Crippen LogP contribution in [0.2, 0.25) is 0 Å². The lowest BCUT2D eigenvalue weighted by Gasteiger charge is -2.37. The molecule has 0 radical (unpaired) electrons. The quantitative estimate of drug-likeness (QED) is 0.767. The van der Waals surface area contributed by atoms with Crippen molar-refractivity contribution in [2.24, 2.45) is 5.92 Å². The van der Waals surface area contributed by atoms with Gasteiger partial charge in [0.15, 0.2) is 11.5 Å². The Bertz CT molecular complexity index is 781. The summed E-state index contributed by atoms with van der Waals surface area (Å²) in [7, 11) is 3.42. The molecule has 0 N–H and O–H groups in total. The third kappa shape index (κ3) is 4.47. The number of likely N-dealkylation sites (tertiary alicyclic amines) is 1. The van der Waals surface area contributed by atoms with Gasteiger partial charge in [0.2, 0.25) is 0 Å². The van der Waals surface area contributed by atoms with Gasteiger partial charge in [-0.05, 0) is 72.7 Å². The average molecular weight is 382 g/mol. The lowest BCUT2D eigenvalue weighted by Crippen LogP contribution is -2.42. The number of nitrogens with zero attached hydrogens (tertiary/aromatic N) is 3. The maximum absolute atomic E-state index is 5.50. The van der Waals surface area contributed by atoms with Crippen LogP contribution >= 0.6 is 0 Å². The Labute approximate surface area is 168 Å². The van der Waals surface area contributed by atoms with Crippen molar-refractivity contribution in [2.45, 2.75) is 32.4 Å². The molecule has 4 rings (SSSR count). The van der Waals surface area contributed by atoms with Crippen LogP contribution in [0, 0.1) is 5.92 Å². The van der Waals surface area contributed by atoms with Crippen molar-refractivity contribution < 1.29 is 9.47 Å². The predicted octanol–water partition coefficient (Wildman–Crippen LogP) is 3.37. The fourth-order valence-electron chi connectivity index (χ4n) is 4.65. The number of fused-ring (bicyclic) bond motifs is 1. The second kappa shape index (κ2) is 8.93. The standard InChI is InChI=1S/C23H31N3O2/c1-27-22-12-20-7-11-26(17-21(20)13-23(22)28-2)16-19-4-3-10-25(15-19)14-18-5-8-24-9-6-18/h5-6,8-9,12-13,19H,3-4,7,10-11,14-17H2,1-2H3. The molecule has 2 aromatic rings. The second-order valence-corrected chi connectivity index (χ2v) is 8.06. The summed E-state index contributed by atoms with van der Waals surface area (Å²) in [4.78, 5) is 9.36. The minimum atomic E-state index is 0.747. The lowest BCUT2D eigenvalue weighted by molar-refractivity contribution is 0.122. The summed E-state index contributed by atoms with van der Waals surface area (Å²) in [6.07, 6.45) is 7.51. The zero-order chi connectivity index (χ0) is 19.3. The highest BCUT2D eigenvalue weighted by atomic mass is 16.5. The summed E-state index contributed by atoms with van der Waals surface area (Å²) in [5.74, 6) is 2.43. The van der Waals surface area contributed by atoms with E-state index in [0.29, 0.717) is 0 Å². The van der Waals surface area contributed by atoms with Crippen molar-refractivity contribution in [3.05, 3.63) is 53.3 Å².